The SMILES string of the molecule is Cc1cc(C)c(N2CC(NC(C)C)CC2=O)c(C)c1. The summed E-state index contributed by atoms with van der Waals surface area (Å²) < 4.78 is 0. The van der Waals surface area contributed by atoms with Crippen LogP contribution < -0.4 is 10.2 Å². The number of nitrogens with zero attached hydrogens (tertiary/aromatic N) is 1. The van der Waals surface area contributed by atoms with Gasteiger partial charge >= 0.3 is 0 Å². The molecular formula is C16H24N2O. The molecule has 1 fully saturated rings. The van der Waals surface area contributed by atoms with E-state index in [-0.39, 0.29) is 11.9 Å². The molecule has 1 aromatic carbocycles. The molecule has 104 valence electrons. The molecule has 1 amide bonds. The lowest BCUT2D eigenvalue weighted by molar-refractivity contribution is -0.117. The van der Waals surface area contributed by atoms with E-state index in [2.05, 4.69) is 52.1 Å². The number of hydrogen-bond acceptors (Lipinski definition) is 2. The predicted octanol–water partition coefficient (Wildman–Crippen LogP) is 2.72. The number of nitrogens with one attached hydrogen (secondary N) is 1. The predicted molar refractivity (Wildman–Crippen MR) is 79.7 cm³/mol. The number of hydrogen-bond donors (Lipinski definition) is 1. The number of carbonyl (C=O) groups is 1. The Bertz CT molecular complexity index is 471. The highest BCUT2D eigenvalue weighted by Gasteiger charge is 2.32. The van der Waals surface area contributed by atoms with E-state index in [1.54, 1.807) is 0 Å². The standard InChI is InChI=1S/C16H24N2O/c1-10(2)17-14-8-15(19)18(9-14)16-12(4)6-11(3)7-13(16)5/h6-7,10,14,17H,8-9H2,1-5H3. The summed E-state index contributed by atoms with van der Waals surface area (Å²) in [6.45, 7) is 11.3. The minimum absolute atomic E-state index is 0.230. The van der Waals surface area contributed by atoms with Crippen LogP contribution in [0.25, 0.3) is 0 Å². The summed E-state index contributed by atoms with van der Waals surface area (Å²) in [5.41, 5.74) is 4.73. The second-order valence-electron chi connectivity index (χ2n) is 5.97. The van der Waals surface area contributed by atoms with Gasteiger partial charge in [-0.3, -0.25) is 4.79 Å². The number of amides is 1. The summed E-state index contributed by atoms with van der Waals surface area (Å²) >= 11 is 0. The summed E-state index contributed by atoms with van der Waals surface area (Å²) in [7, 11) is 0. The van der Waals surface area contributed by atoms with Crippen LogP contribution in [0.4, 0.5) is 5.69 Å². The summed E-state index contributed by atoms with van der Waals surface area (Å²) in [6, 6.07) is 4.99. The van der Waals surface area contributed by atoms with Gasteiger partial charge in [0.25, 0.3) is 0 Å². The third-order valence-corrected chi connectivity index (χ3v) is 3.60. The first-order valence-electron chi connectivity index (χ1n) is 7.02. The van der Waals surface area contributed by atoms with E-state index >= 15 is 0 Å². The minimum atomic E-state index is 0.230. The molecule has 3 nitrogen and oxygen atoms in total. The van der Waals surface area contributed by atoms with Crippen LogP contribution in [0.1, 0.15) is 37.0 Å². The van der Waals surface area contributed by atoms with Gasteiger partial charge in [0.15, 0.2) is 0 Å². The second-order valence-corrected chi connectivity index (χ2v) is 5.97. The van der Waals surface area contributed by atoms with Crippen molar-refractivity contribution in [1.29, 1.82) is 0 Å². The van der Waals surface area contributed by atoms with Crippen molar-refractivity contribution < 1.29 is 4.79 Å². The van der Waals surface area contributed by atoms with Crippen LogP contribution in [0, 0.1) is 20.8 Å². The molecular weight excluding hydrogens is 236 g/mol. The van der Waals surface area contributed by atoms with E-state index in [1.807, 2.05) is 4.90 Å². The van der Waals surface area contributed by atoms with Gasteiger partial charge in [0, 0.05) is 30.7 Å². The molecule has 3 heteroatoms. The van der Waals surface area contributed by atoms with Gasteiger partial charge in [0.2, 0.25) is 5.91 Å². The van der Waals surface area contributed by atoms with E-state index in [0.717, 1.165) is 12.2 Å². The highest BCUT2D eigenvalue weighted by Crippen LogP contribution is 2.30. The fraction of sp³-hybridized carbons (Fsp3) is 0.562. The molecule has 1 heterocycles. The number of carbonyl (C=O) groups excluding carboxylic acids is 1. The van der Waals surface area contributed by atoms with Crippen LogP contribution in [0.2, 0.25) is 0 Å². The molecule has 0 saturated carbocycles. The molecule has 1 aromatic rings. The van der Waals surface area contributed by atoms with Crippen LogP contribution in [0.15, 0.2) is 12.1 Å². The Balaban J connectivity index is 2.26. The summed E-state index contributed by atoms with van der Waals surface area (Å²) in [4.78, 5) is 14.2. The van der Waals surface area contributed by atoms with Crippen LogP contribution in [-0.2, 0) is 4.79 Å². The number of aryl methyl sites for hydroxylation is 3. The maximum Gasteiger partial charge on any atom is 0.228 e. The van der Waals surface area contributed by atoms with Gasteiger partial charge in [-0.05, 0) is 31.9 Å². The van der Waals surface area contributed by atoms with Crippen molar-refractivity contribution in [3.8, 4) is 0 Å². The van der Waals surface area contributed by atoms with Crippen LogP contribution >= 0.6 is 0 Å². The molecule has 0 aromatic heterocycles. The van der Waals surface area contributed by atoms with Gasteiger partial charge in [-0.2, -0.15) is 0 Å². The molecule has 0 bridgehead atoms. The molecule has 2 rings (SSSR count). The lowest BCUT2D eigenvalue weighted by Crippen LogP contribution is -2.37. The first-order valence-corrected chi connectivity index (χ1v) is 7.02. The Morgan fingerprint density at radius 2 is 1.79 bits per heavy atom. The van der Waals surface area contributed by atoms with Gasteiger partial charge in [0.05, 0.1) is 0 Å². The van der Waals surface area contributed by atoms with Crippen molar-refractivity contribution in [2.75, 3.05) is 11.4 Å². The quantitative estimate of drug-likeness (QED) is 0.906. The average Bonchev–Trinajstić information content (AvgIpc) is 2.57. The summed E-state index contributed by atoms with van der Waals surface area (Å²) in [5.74, 6) is 0.230. The number of rotatable bonds is 3. The second kappa shape index (κ2) is 5.33. The van der Waals surface area contributed by atoms with E-state index in [4.69, 9.17) is 0 Å². The van der Waals surface area contributed by atoms with Gasteiger partial charge in [-0.15, -0.1) is 0 Å². The first kappa shape index (κ1) is 14.1. The monoisotopic (exact) mass is 260 g/mol. The van der Waals surface area contributed by atoms with Crippen molar-refractivity contribution in [3.63, 3.8) is 0 Å². The molecule has 1 saturated heterocycles. The highest BCUT2D eigenvalue weighted by molar-refractivity contribution is 5.97. The highest BCUT2D eigenvalue weighted by atomic mass is 16.2. The molecule has 19 heavy (non-hydrogen) atoms. The zero-order valence-electron chi connectivity index (χ0n) is 12.6. The number of benzene rings is 1. The Kier molecular flexibility index (Phi) is 3.95. The largest absolute Gasteiger partial charge is 0.310 e. The van der Waals surface area contributed by atoms with E-state index in [9.17, 15) is 4.79 Å². The van der Waals surface area contributed by atoms with Crippen molar-refractivity contribution >= 4 is 11.6 Å². The fourth-order valence-corrected chi connectivity index (χ4v) is 3.10. The Labute approximate surface area is 116 Å². The van der Waals surface area contributed by atoms with Gasteiger partial charge in [0.1, 0.15) is 0 Å². The first-order chi connectivity index (χ1) is 8.88. The van der Waals surface area contributed by atoms with Gasteiger partial charge in [-0.1, -0.05) is 31.5 Å². The molecule has 0 aliphatic carbocycles. The topological polar surface area (TPSA) is 32.3 Å². The smallest absolute Gasteiger partial charge is 0.228 e. The third kappa shape index (κ3) is 2.98. The lowest BCUT2D eigenvalue weighted by Gasteiger charge is -2.23. The molecule has 1 aliphatic rings. The third-order valence-electron chi connectivity index (χ3n) is 3.60. The van der Waals surface area contributed by atoms with E-state index in [0.29, 0.717) is 12.5 Å². The molecule has 0 spiro atoms. The number of anilines is 1. The van der Waals surface area contributed by atoms with E-state index < -0.39 is 0 Å². The Morgan fingerprint density at radius 1 is 1.21 bits per heavy atom. The average molecular weight is 260 g/mol. The van der Waals surface area contributed by atoms with Gasteiger partial charge in [-0.25, -0.2) is 0 Å². The molecule has 0 radical (unpaired) electrons. The zero-order valence-corrected chi connectivity index (χ0v) is 12.6. The molecule has 1 unspecified atom stereocenters. The van der Waals surface area contributed by atoms with Crippen LogP contribution in [-0.4, -0.2) is 24.5 Å². The van der Waals surface area contributed by atoms with Crippen LogP contribution in [0.5, 0.6) is 0 Å². The Morgan fingerprint density at radius 3 is 2.32 bits per heavy atom. The van der Waals surface area contributed by atoms with Crippen molar-refractivity contribution in [2.24, 2.45) is 0 Å². The fourth-order valence-electron chi connectivity index (χ4n) is 3.10. The maximum absolute atomic E-state index is 12.2. The van der Waals surface area contributed by atoms with Crippen LogP contribution in [0.3, 0.4) is 0 Å². The normalized spacial score (nSPS) is 19.6. The summed E-state index contributed by atoms with van der Waals surface area (Å²) in [6.07, 6.45) is 0.602. The van der Waals surface area contributed by atoms with Gasteiger partial charge < -0.3 is 10.2 Å². The van der Waals surface area contributed by atoms with Crippen molar-refractivity contribution in [2.45, 2.75) is 53.1 Å². The Hall–Kier alpha value is -1.35. The summed E-state index contributed by atoms with van der Waals surface area (Å²) in [5, 5.41) is 3.46. The molecule has 1 N–H and O–H groups in total. The molecule has 1 atom stereocenters. The molecule has 1 aliphatic heterocycles. The zero-order chi connectivity index (χ0) is 14.2. The van der Waals surface area contributed by atoms with E-state index in [1.165, 1.54) is 16.7 Å². The van der Waals surface area contributed by atoms with Crippen molar-refractivity contribution in [3.05, 3.63) is 28.8 Å². The lowest BCUT2D eigenvalue weighted by atomic mass is 10.0. The maximum atomic E-state index is 12.2. The van der Waals surface area contributed by atoms with Crippen molar-refractivity contribution in [1.82, 2.24) is 5.32 Å². The minimum Gasteiger partial charge on any atom is -0.310 e.